The van der Waals surface area contributed by atoms with E-state index < -0.39 is 0 Å². The zero-order valence-electron chi connectivity index (χ0n) is 12.4. The Hall–Kier alpha value is -1.62. The molecule has 1 unspecified atom stereocenters. The lowest BCUT2D eigenvalue weighted by Crippen LogP contribution is -2.39. The lowest BCUT2D eigenvalue weighted by molar-refractivity contribution is 0.165. The van der Waals surface area contributed by atoms with Gasteiger partial charge in [0.25, 0.3) is 0 Å². The first-order valence-electron chi connectivity index (χ1n) is 7.32. The van der Waals surface area contributed by atoms with Gasteiger partial charge in [0.2, 0.25) is 0 Å². The van der Waals surface area contributed by atoms with E-state index in [-0.39, 0.29) is 0 Å². The van der Waals surface area contributed by atoms with Crippen molar-refractivity contribution in [3.05, 3.63) is 24.2 Å². The van der Waals surface area contributed by atoms with Crippen molar-refractivity contribution in [1.82, 2.24) is 19.5 Å². The van der Waals surface area contributed by atoms with E-state index in [4.69, 9.17) is 9.72 Å². The van der Waals surface area contributed by atoms with E-state index in [1.165, 1.54) is 19.4 Å². The van der Waals surface area contributed by atoms with Gasteiger partial charge >= 0.3 is 0 Å². The third-order valence-corrected chi connectivity index (χ3v) is 4.11. The number of aromatic nitrogens is 3. The molecule has 0 amide bonds. The molecule has 5 heteroatoms. The van der Waals surface area contributed by atoms with Gasteiger partial charge in [0.15, 0.2) is 17.2 Å². The van der Waals surface area contributed by atoms with Crippen LogP contribution in [0.25, 0.3) is 5.65 Å². The van der Waals surface area contributed by atoms with Crippen LogP contribution in [0.5, 0.6) is 5.75 Å². The molecule has 1 fully saturated rings. The molecular weight excluding hydrogens is 252 g/mol. The number of rotatable bonds is 3. The molecule has 1 aliphatic rings. The van der Waals surface area contributed by atoms with Crippen molar-refractivity contribution in [2.45, 2.75) is 38.6 Å². The molecule has 1 saturated heterocycles. The van der Waals surface area contributed by atoms with Crippen LogP contribution in [0.4, 0.5) is 0 Å². The first kappa shape index (κ1) is 13.4. The highest BCUT2D eigenvalue weighted by atomic mass is 16.5. The Morgan fingerprint density at radius 3 is 3.00 bits per heavy atom. The molecule has 1 aliphatic heterocycles. The number of hydrogen-bond donors (Lipinski definition) is 0. The average Bonchev–Trinajstić information content (AvgIpc) is 2.91. The Bertz CT molecular complexity index is 593. The van der Waals surface area contributed by atoms with Crippen LogP contribution in [0.15, 0.2) is 18.3 Å². The number of hydrogen-bond acceptors (Lipinski definition) is 4. The molecule has 3 rings (SSSR count). The van der Waals surface area contributed by atoms with Gasteiger partial charge in [-0.1, -0.05) is 0 Å². The third kappa shape index (κ3) is 2.38. The summed E-state index contributed by atoms with van der Waals surface area (Å²) < 4.78 is 7.18. The fourth-order valence-electron chi connectivity index (χ4n) is 2.92. The number of fused-ring (bicyclic) bond motifs is 1. The molecule has 3 heterocycles. The third-order valence-electron chi connectivity index (χ3n) is 4.11. The summed E-state index contributed by atoms with van der Waals surface area (Å²) in [7, 11) is 1.67. The summed E-state index contributed by atoms with van der Waals surface area (Å²) in [5.41, 5.74) is 0.812. The second-order valence-electron chi connectivity index (χ2n) is 5.74. The predicted octanol–water partition coefficient (Wildman–Crippen LogP) is 2.33. The van der Waals surface area contributed by atoms with E-state index in [0.717, 1.165) is 23.8 Å². The summed E-state index contributed by atoms with van der Waals surface area (Å²) >= 11 is 0. The van der Waals surface area contributed by atoms with Crippen molar-refractivity contribution in [3.8, 4) is 5.75 Å². The van der Waals surface area contributed by atoms with E-state index >= 15 is 0 Å². The van der Waals surface area contributed by atoms with Crippen LogP contribution >= 0.6 is 0 Å². The monoisotopic (exact) mass is 274 g/mol. The molecule has 2 aromatic heterocycles. The number of methoxy groups -OCH3 is 1. The van der Waals surface area contributed by atoms with Crippen LogP contribution in [0, 0.1) is 0 Å². The zero-order chi connectivity index (χ0) is 14.1. The van der Waals surface area contributed by atoms with Crippen LogP contribution in [0.2, 0.25) is 0 Å². The van der Waals surface area contributed by atoms with Gasteiger partial charge in [-0.3, -0.25) is 0 Å². The van der Waals surface area contributed by atoms with Gasteiger partial charge in [-0.15, -0.1) is 0 Å². The van der Waals surface area contributed by atoms with Gasteiger partial charge in [-0.05, 0) is 45.4 Å². The Kier molecular flexibility index (Phi) is 3.61. The molecule has 0 N–H and O–H groups in total. The average molecular weight is 274 g/mol. The molecule has 20 heavy (non-hydrogen) atoms. The van der Waals surface area contributed by atoms with Crippen molar-refractivity contribution in [3.63, 3.8) is 0 Å². The second kappa shape index (κ2) is 5.40. The molecule has 0 aromatic carbocycles. The van der Waals surface area contributed by atoms with Crippen molar-refractivity contribution < 1.29 is 4.74 Å². The number of pyridine rings is 1. The highest BCUT2D eigenvalue weighted by Gasteiger charge is 2.26. The van der Waals surface area contributed by atoms with E-state index in [1.807, 2.05) is 22.8 Å². The molecule has 1 atom stereocenters. The highest BCUT2D eigenvalue weighted by molar-refractivity contribution is 5.52. The van der Waals surface area contributed by atoms with Crippen LogP contribution in [0.3, 0.4) is 0 Å². The van der Waals surface area contributed by atoms with Crippen LogP contribution in [-0.2, 0) is 0 Å². The SMILES string of the molecule is COc1cccn2nc(C3CCCN(C(C)C)C3)nc12. The summed E-state index contributed by atoms with van der Waals surface area (Å²) in [5, 5.41) is 4.64. The molecule has 0 spiro atoms. The number of nitrogens with zero attached hydrogens (tertiary/aromatic N) is 4. The molecule has 0 aliphatic carbocycles. The Balaban J connectivity index is 1.90. The van der Waals surface area contributed by atoms with Gasteiger partial charge in [0.1, 0.15) is 0 Å². The van der Waals surface area contributed by atoms with Crippen molar-refractivity contribution in [2.75, 3.05) is 20.2 Å². The van der Waals surface area contributed by atoms with Gasteiger partial charge in [-0.2, -0.15) is 5.10 Å². The highest BCUT2D eigenvalue weighted by Crippen LogP contribution is 2.27. The summed E-state index contributed by atoms with van der Waals surface area (Å²) in [6.45, 7) is 6.74. The Morgan fingerprint density at radius 2 is 2.25 bits per heavy atom. The van der Waals surface area contributed by atoms with Gasteiger partial charge in [0, 0.05) is 24.7 Å². The maximum absolute atomic E-state index is 5.35. The quantitative estimate of drug-likeness (QED) is 0.861. The van der Waals surface area contributed by atoms with Crippen LogP contribution in [0.1, 0.15) is 38.4 Å². The molecule has 2 aromatic rings. The molecule has 0 radical (unpaired) electrons. The van der Waals surface area contributed by atoms with Crippen LogP contribution in [-0.4, -0.2) is 45.7 Å². The summed E-state index contributed by atoms with van der Waals surface area (Å²) in [4.78, 5) is 7.21. The molecular formula is C15H22N4O. The first-order chi connectivity index (χ1) is 9.69. The summed E-state index contributed by atoms with van der Waals surface area (Å²) in [6.07, 6.45) is 4.31. The fraction of sp³-hybridized carbons (Fsp3) is 0.600. The van der Waals surface area contributed by atoms with E-state index in [9.17, 15) is 0 Å². The van der Waals surface area contributed by atoms with E-state index in [0.29, 0.717) is 12.0 Å². The molecule has 0 saturated carbocycles. The standard InChI is InChI=1S/C15H22N4O/c1-11(2)18-8-4-6-12(10-18)14-16-15-13(20-3)7-5-9-19(15)17-14/h5,7,9,11-12H,4,6,8,10H2,1-3H3. The van der Waals surface area contributed by atoms with E-state index in [1.54, 1.807) is 7.11 Å². The molecule has 5 nitrogen and oxygen atoms in total. The molecule has 0 bridgehead atoms. The van der Waals surface area contributed by atoms with Gasteiger partial charge in [-0.25, -0.2) is 9.50 Å². The number of piperidine rings is 1. The lowest BCUT2D eigenvalue weighted by atomic mass is 9.96. The molecule has 108 valence electrons. The second-order valence-corrected chi connectivity index (χ2v) is 5.74. The van der Waals surface area contributed by atoms with Gasteiger partial charge < -0.3 is 9.64 Å². The number of likely N-dealkylation sites (tertiary alicyclic amines) is 1. The van der Waals surface area contributed by atoms with E-state index in [2.05, 4.69) is 23.8 Å². The first-order valence-corrected chi connectivity index (χ1v) is 7.32. The number of ether oxygens (including phenoxy) is 1. The lowest BCUT2D eigenvalue weighted by Gasteiger charge is -2.34. The topological polar surface area (TPSA) is 42.7 Å². The fourth-order valence-corrected chi connectivity index (χ4v) is 2.92. The normalized spacial score (nSPS) is 20.7. The van der Waals surface area contributed by atoms with Crippen molar-refractivity contribution >= 4 is 5.65 Å². The Morgan fingerprint density at radius 1 is 1.40 bits per heavy atom. The Labute approximate surface area is 119 Å². The maximum Gasteiger partial charge on any atom is 0.198 e. The minimum atomic E-state index is 0.427. The maximum atomic E-state index is 5.35. The summed E-state index contributed by atoms with van der Waals surface area (Å²) in [5.74, 6) is 2.15. The predicted molar refractivity (Wildman–Crippen MR) is 78.2 cm³/mol. The zero-order valence-corrected chi connectivity index (χ0v) is 12.4. The van der Waals surface area contributed by atoms with Crippen molar-refractivity contribution in [2.24, 2.45) is 0 Å². The largest absolute Gasteiger partial charge is 0.493 e. The smallest absolute Gasteiger partial charge is 0.198 e. The summed E-state index contributed by atoms with van der Waals surface area (Å²) in [6, 6.07) is 4.45. The minimum absolute atomic E-state index is 0.427. The minimum Gasteiger partial charge on any atom is -0.493 e. The van der Waals surface area contributed by atoms with Crippen LogP contribution < -0.4 is 4.74 Å². The van der Waals surface area contributed by atoms with Crippen molar-refractivity contribution in [1.29, 1.82) is 0 Å². The van der Waals surface area contributed by atoms with Gasteiger partial charge in [0.05, 0.1) is 7.11 Å².